The highest BCUT2D eigenvalue weighted by molar-refractivity contribution is 6.32. The zero-order valence-corrected chi connectivity index (χ0v) is 13.6. The number of rotatable bonds is 7. The van der Waals surface area contributed by atoms with Crippen molar-refractivity contribution in [3.63, 3.8) is 0 Å². The third kappa shape index (κ3) is 5.05. The Morgan fingerprint density at radius 2 is 2.00 bits per heavy atom. The lowest BCUT2D eigenvalue weighted by Gasteiger charge is -2.12. The van der Waals surface area contributed by atoms with Crippen LogP contribution in [-0.4, -0.2) is 25.9 Å². The predicted molar refractivity (Wildman–Crippen MR) is 86.6 cm³/mol. The molecule has 0 amide bonds. The second kappa shape index (κ2) is 8.29. The molecule has 0 aromatic heterocycles. The number of carboxylic acid groups (broad SMARTS) is 1. The van der Waals surface area contributed by atoms with Crippen LogP contribution in [0.4, 0.5) is 14.5 Å². The van der Waals surface area contributed by atoms with Crippen molar-refractivity contribution in [2.45, 2.75) is 6.61 Å². The molecule has 0 aliphatic carbocycles. The molecule has 2 aromatic carbocycles. The zero-order chi connectivity index (χ0) is 18.4. The minimum absolute atomic E-state index is 0.0348. The minimum Gasteiger partial charge on any atom is -0.545 e. The van der Waals surface area contributed by atoms with Gasteiger partial charge in [0, 0.05) is 0 Å². The Balaban J connectivity index is 2.12. The molecule has 9 heteroatoms. The number of anilines is 1. The van der Waals surface area contributed by atoms with Gasteiger partial charge in [0.25, 0.3) is 0 Å². The van der Waals surface area contributed by atoms with Crippen molar-refractivity contribution in [3.8, 4) is 11.5 Å². The Morgan fingerprint density at radius 1 is 1.32 bits per heavy atom. The first-order chi connectivity index (χ1) is 11.9. The van der Waals surface area contributed by atoms with Gasteiger partial charge in [0.15, 0.2) is 11.5 Å². The summed E-state index contributed by atoms with van der Waals surface area (Å²) in [5.74, 6) is -1.50. The topological polar surface area (TPSA) is 83.0 Å². The summed E-state index contributed by atoms with van der Waals surface area (Å²) in [4.78, 5) is 10.7. The number of nitrogens with one attached hydrogen (secondary N) is 1. The lowest BCUT2D eigenvalue weighted by atomic mass is 10.2. The molecule has 0 fully saturated rings. The van der Waals surface area contributed by atoms with E-state index in [0.717, 1.165) is 0 Å². The van der Waals surface area contributed by atoms with Crippen LogP contribution in [0.3, 0.4) is 0 Å². The molecule has 0 atom stereocenters. The summed E-state index contributed by atoms with van der Waals surface area (Å²) < 4.78 is 34.0. The monoisotopic (exact) mass is 369 g/mol. The molecule has 0 aliphatic rings. The maximum Gasteiger partial charge on any atom is 0.387 e. The number of hydrogen-bond acceptors (Lipinski definition) is 6. The fraction of sp³-hybridized carbons (Fsp3) is 0.125. The second-order valence-electron chi connectivity index (χ2n) is 4.65. The second-order valence-corrected chi connectivity index (χ2v) is 5.05. The summed E-state index contributed by atoms with van der Waals surface area (Å²) in [5.41, 5.74) is 3.74. The highest BCUT2D eigenvalue weighted by Crippen LogP contribution is 2.37. The van der Waals surface area contributed by atoms with Crippen LogP contribution in [0.5, 0.6) is 11.5 Å². The molecule has 6 nitrogen and oxygen atoms in total. The van der Waals surface area contributed by atoms with Crippen molar-refractivity contribution < 1.29 is 28.2 Å². The van der Waals surface area contributed by atoms with Crippen LogP contribution in [0, 0.1) is 0 Å². The normalized spacial score (nSPS) is 10.9. The fourth-order valence-corrected chi connectivity index (χ4v) is 2.14. The number of carboxylic acids is 1. The van der Waals surface area contributed by atoms with Crippen molar-refractivity contribution in [1.29, 1.82) is 0 Å². The largest absolute Gasteiger partial charge is 0.545 e. The highest BCUT2D eigenvalue weighted by atomic mass is 35.5. The lowest BCUT2D eigenvalue weighted by Crippen LogP contribution is -2.21. The van der Waals surface area contributed by atoms with Gasteiger partial charge in [0.2, 0.25) is 0 Å². The number of ether oxygens (including phenoxy) is 2. The van der Waals surface area contributed by atoms with Crippen molar-refractivity contribution in [2.24, 2.45) is 5.10 Å². The van der Waals surface area contributed by atoms with Gasteiger partial charge in [-0.15, -0.1) is 0 Å². The van der Waals surface area contributed by atoms with Crippen LogP contribution in [-0.2, 0) is 0 Å². The molecular formula is C16H12ClF2N2O4-. The lowest BCUT2D eigenvalue weighted by molar-refractivity contribution is -0.255. The Labute approximate surface area is 146 Å². The molecule has 2 aromatic rings. The number of hydrazone groups is 1. The van der Waals surface area contributed by atoms with E-state index >= 15 is 0 Å². The van der Waals surface area contributed by atoms with Crippen molar-refractivity contribution in [2.75, 3.05) is 12.5 Å². The van der Waals surface area contributed by atoms with E-state index in [1.54, 1.807) is 0 Å². The first-order valence-electron chi connectivity index (χ1n) is 6.83. The number of alkyl halides is 2. The molecule has 0 aliphatic heterocycles. The molecule has 1 N–H and O–H groups in total. The Bertz CT molecular complexity index is 782. The van der Waals surface area contributed by atoms with E-state index in [-0.39, 0.29) is 22.1 Å². The van der Waals surface area contributed by atoms with Crippen LogP contribution < -0.4 is 20.0 Å². The summed E-state index contributed by atoms with van der Waals surface area (Å²) in [6, 6.07) is 8.55. The molecule has 25 heavy (non-hydrogen) atoms. The van der Waals surface area contributed by atoms with Gasteiger partial charge in [0.05, 0.1) is 30.0 Å². The van der Waals surface area contributed by atoms with Crippen LogP contribution in [0.1, 0.15) is 15.9 Å². The fourth-order valence-electron chi connectivity index (χ4n) is 1.88. The van der Waals surface area contributed by atoms with Gasteiger partial charge in [0.1, 0.15) is 0 Å². The summed E-state index contributed by atoms with van der Waals surface area (Å²) in [6.45, 7) is -3.03. The molecular weight excluding hydrogens is 358 g/mol. The van der Waals surface area contributed by atoms with Gasteiger partial charge in [-0.2, -0.15) is 13.9 Å². The minimum atomic E-state index is -3.03. The maximum atomic E-state index is 12.4. The molecule has 0 spiro atoms. The molecule has 2 rings (SSSR count). The molecule has 132 valence electrons. The molecule has 0 unspecified atom stereocenters. The SMILES string of the molecule is COc1cc(/C=N\Nc2ccc(C(=O)[O-])cc2)cc(Cl)c1OC(F)F. The van der Waals surface area contributed by atoms with Crippen LogP contribution in [0.2, 0.25) is 5.02 Å². The number of aromatic carboxylic acids is 1. The van der Waals surface area contributed by atoms with Crippen LogP contribution in [0.15, 0.2) is 41.5 Å². The maximum absolute atomic E-state index is 12.4. The summed E-state index contributed by atoms with van der Waals surface area (Å²) in [7, 11) is 1.29. The Kier molecular flexibility index (Phi) is 6.13. The average molecular weight is 370 g/mol. The molecule has 0 bridgehead atoms. The standard InChI is InChI=1S/C16H13ClF2N2O4/c1-24-13-7-9(6-12(17)14(13)25-16(18)19)8-20-21-11-4-2-10(3-5-11)15(22)23/h2-8,16,21H,1H3,(H,22,23)/p-1/b20-8-. The van der Waals surface area contributed by atoms with Crippen molar-refractivity contribution in [3.05, 3.63) is 52.5 Å². The zero-order valence-electron chi connectivity index (χ0n) is 12.8. The summed E-state index contributed by atoms with van der Waals surface area (Å²) >= 11 is 5.92. The van der Waals surface area contributed by atoms with E-state index in [9.17, 15) is 18.7 Å². The molecule has 0 saturated heterocycles. The van der Waals surface area contributed by atoms with E-state index in [1.807, 2.05) is 0 Å². The van der Waals surface area contributed by atoms with E-state index in [1.165, 1.54) is 49.7 Å². The number of nitrogens with zero attached hydrogens (tertiary/aromatic N) is 1. The van der Waals surface area contributed by atoms with Gasteiger partial charge >= 0.3 is 6.61 Å². The highest BCUT2D eigenvalue weighted by Gasteiger charge is 2.15. The molecule has 0 radical (unpaired) electrons. The predicted octanol–water partition coefficient (Wildman–Crippen LogP) is 2.76. The van der Waals surface area contributed by atoms with Crippen LogP contribution >= 0.6 is 11.6 Å². The number of benzene rings is 2. The first kappa shape index (κ1) is 18.5. The quantitative estimate of drug-likeness (QED) is 0.599. The smallest absolute Gasteiger partial charge is 0.387 e. The van der Waals surface area contributed by atoms with Gasteiger partial charge in [-0.25, -0.2) is 0 Å². The molecule has 0 heterocycles. The summed E-state index contributed by atoms with van der Waals surface area (Å²) in [5, 5.41) is 14.6. The Hall–Kier alpha value is -2.87. The van der Waals surface area contributed by atoms with E-state index in [2.05, 4.69) is 15.3 Å². The third-order valence-corrected chi connectivity index (χ3v) is 3.27. The van der Waals surface area contributed by atoms with Crippen LogP contribution in [0.25, 0.3) is 0 Å². The number of halogens is 3. The number of hydrogen-bond donors (Lipinski definition) is 1. The number of carbonyl (C=O) groups excluding carboxylic acids is 1. The van der Waals surface area contributed by atoms with Gasteiger partial charge < -0.3 is 19.4 Å². The number of methoxy groups -OCH3 is 1. The first-order valence-corrected chi connectivity index (χ1v) is 7.21. The Morgan fingerprint density at radius 3 is 2.56 bits per heavy atom. The van der Waals surface area contributed by atoms with Crippen molar-refractivity contribution >= 4 is 29.5 Å². The van der Waals surface area contributed by atoms with Gasteiger partial charge in [-0.1, -0.05) is 23.7 Å². The third-order valence-electron chi connectivity index (χ3n) is 2.99. The average Bonchev–Trinajstić information content (AvgIpc) is 2.57. The van der Waals surface area contributed by atoms with E-state index < -0.39 is 12.6 Å². The van der Waals surface area contributed by atoms with E-state index in [0.29, 0.717) is 11.3 Å². The van der Waals surface area contributed by atoms with Gasteiger partial charge in [-0.05, 0) is 35.4 Å². The number of carbonyl (C=O) groups is 1. The van der Waals surface area contributed by atoms with E-state index in [4.69, 9.17) is 16.3 Å². The summed E-state index contributed by atoms with van der Waals surface area (Å²) in [6.07, 6.45) is 1.38. The van der Waals surface area contributed by atoms with Gasteiger partial charge in [-0.3, -0.25) is 5.43 Å². The molecule has 0 saturated carbocycles. The van der Waals surface area contributed by atoms with Crippen molar-refractivity contribution in [1.82, 2.24) is 0 Å².